The van der Waals surface area contributed by atoms with Crippen molar-refractivity contribution >= 4 is 5.97 Å². The van der Waals surface area contributed by atoms with Crippen molar-refractivity contribution in [3.8, 4) is 0 Å². The lowest BCUT2D eigenvalue weighted by atomic mass is 10.0. The van der Waals surface area contributed by atoms with Crippen LogP contribution >= 0.6 is 0 Å². The largest absolute Gasteiger partial charge is 0.481 e. The van der Waals surface area contributed by atoms with Crippen LogP contribution in [0.25, 0.3) is 0 Å². The van der Waals surface area contributed by atoms with Crippen LogP contribution in [0.2, 0.25) is 0 Å². The summed E-state index contributed by atoms with van der Waals surface area (Å²) in [6, 6.07) is 0. The number of aliphatic hydroxyl groups excluding tert-OH is 7. The molecule has 9 nitrogen and oxygen atoms in total. The number of allylic oxidation sites excluding steroid dienone is 1. The van der Waals surface area contributed by atoms with Crippen LogP contribution in [0.4, 0.5) is 0 Å². The monoisotopic (exact) mass is 480 g/mol. The van der Waals surface area contributed by atoms with E-state index >= 15 is 0 Å². The molecule has 0 aromatic heterocycles. The van der Waals surface area contributed by atoms with Gasteiger partial charge in [-0.05, 0) is 32.1 Å². The average Bonchev–Trinajstić information content (AvgIpc) is 2.81. The van der Waals surface area contributed by atoms with Gasteiger partial charge in [-0.2, -0.15) is 0 Å². The van der Waals surface area contributed by atoms with Gasteiger partial charge in [0.05, 0.1) is 19.3 Å². The molecule has 0 aliphatic carbocycles. The van der Waals surface area contributed by atoms with Crippen molar-refractivity contribution in [1.29, 1.82) is 0 Å². The van der Waals surface area contributed by atoms with Crippen molar-refractivity contribution in [3.63, 3.8) is 0 Å². The van der Waals surface area contributed by atoms with Gasteiger partial charge in [0, 0.05) is 6.42 Å². The second-order valence-corrected chi connectivity index (χ2v) is 8.39. The summed E-state index contributed by atoms with van der Waals surface area (Å²) in [5.74, 6) is -0.689. The predicted octanol–water partition coefficient (Wildman–Crippen LogP) is 1.49. The van der Waals surface area contributed by atoms with Gasteiger partial charge < -0.3 is 40.9 Å². The van der Waals surface area contributed by atoms with E-state index < -0.39 is 43.6 Å². The van der Waals surface area contributed by atoms with E-state index in [9.17, 15) is 9.90 Å². The molecule has 0 rings (SSSR count). The minimum atomic E-state index is -1.67. The number of carbonyl (C=O) groups is 1. The van der Waals surface area contributed by atoms with Crippen LogP contribution in [0, 0.1) is 0 Å². The number of carboxylic acids is 1. The van der Waals surface area contributed by atoms with Crippen molar-refractivity contribution in [1.82, 2.24) is 0 Å². The molecule has 0 aromatic carbocycles. The Kier molecular flexibility index (Phi) is 24.9. The van der Waals surface area contributed by atoms with Crippen LogP contribution in [0.1, 0.15) is 90.4 Å². The van der Waals surface area contributed by atoms with Gasteiger partial charge in [-0.1, -0.05) is 64.0 Å². The lowest BCUT2D eigenvalue weighted by Crippen LogP contribution is -2.46. The van der Waals surface area contributed by atoms with Crippen molar-refractivity contribution in [2.24, 2.45) is 0 Å². The van der Waals surface area contributed by atoms with Gasteiger partial charge in [-0.25, -0.2) is 0 Å². The summed E-state index contributed by atoms with van der Waals surface area (Å²) in [7, 11) is 0. The zero-order valence-electron chi connectivity index (χ0n) is 20.1. The number of hydrogen-bond acceptors (Lipinski definition) is 8. The Hall–Kier alpha value is -1.07. The Morgan fingerprint density at radius 1 is 0.727 bits per heavy atom. The first kappa shape index (κ1) is 34.1. The molecule has 0 amide bonds. The van der Waals surface area contributed by atoms with Crippen LogP contribution in [-0.4, -0.2) is 90.6 Å². The molecule has 0 aliphatic heterocycles. The molecule has 8 N–H and O–H groups in total. The van der Waals surface area contributed by atoms with Gasteiger partial charge in [0.25, 0.3) is 0 Å². The number of hydrogen-bond donors (Lipinski definition) is 8. The Morgan fingerprint density at radius 3 is 1.76 bits per heavy atom. The van der Waals surface area contributed by atoms with E-state index in [1.54, 1.807) is 0 Å². The molecular weight excluding hydrogens is 432 g/mol. The zero-order chi connectivity index (χ0) is 25.5. The first-order valence-electron chi connectivity index (χ1n) is 12.2. The van der Waals surface area contributed by atoms with Gasteiger partial charge in [0.1, 0.15) is 24.4 Å². The third kappa shape index (κ3) is 22.5. The molecular formula is C24H48O9. The maximum absolute atomic E-state index is 10.3. The summed E-state index contributed by atoms with van der Waals surface area (Å²) in [5, 5.41) is 70.5. The van der Waals surface area contributed by atoms with E-state index in [0.29, 0.717) is 6.42 Å². The molecule has 0 aromatic rings. The topological polar surface area (TPSA) is 179 Å². The molecule has 9 heteroatoms. The van der Waals surface area contributed by atoms with Gasteiger partial charge in [0.15, 0.2) is 0 Å². The summed E-state index contributed by atoms with van der Waals surface area (Å²) in [6.45, 7) is 0.748. The molecule has 0 saturated heterocycles. The summed E-state index contributed by atoms with van der Waals surface area (Å²) < 4.78 is 0. The Bertz CT molecular complexity index is 445. The lowest BCUT2D eigenvalue weighted by molar-refractivity contribution is -0.137. The number of carboxylic acid groups (broad SMARTS) is 1. The van der Waals surface area contributed by atoms with Crippen molar-refractivity contribution < 1.29 is 45.6 Å². The fraction of sp³-hybridized carbons (Fsp3) is 0.875. The maximum Gasteiger partial charge on any atom is 0.303 e. The number of aliphatic carboxylic acids is 1. The van der Waals surface area contributed by atoms with Crippen LogP contribution in [0.3, 0.4) is 0 Å². The Balaban J connectivity index is 0. The van der Waals surface area contributed by atoms with Crippen LogP contribution in [0.5, 0.6) is 0 Å². The molecule has 0 aliphatic rings. The Morgan fingerprint density at radius 2 is 1.24 bits per heavy atom. The standard InChI is InChI=1S/C18H34O3.C6H14O6/c1-2-3-4-11-14-17(19)15-12-9-7-5-6-8-10-13-16-18(20)21;7-1-3(9)5(11)6(12)4(10)2-8/h9,12,17,19H,2-8,10-11,13-16H2,1H3,(H,20,21);3-12H,1-2H2/b12-9-;/t17-;3-,4+,5-,6-/m11/s1. The molecule has 198 valence electrons. The second kappa shape index (κ2) is 24.1. The molecule has 0 spiro atoms. The van der Waals surface area contributed by atoms with E-state index in [0.717, 1.165) is 51.4 Å². The fourth-order valence-corrected chi connectivity index (χ4v) is 3.04. The van der Waals surface area contributed by atoms with E-state index in [4.69, 9.17) is 35.7 Å². The molecule has 0 bridgehead atoms. The summed E-state index contributed by atoms with van der Waals surface area (Å²) in [5.41, 5.74) is 0. The summed E-state index contributed by atoms with van der Waals surface area (Å²) in [6.07, 6.45) is 11.0. The summed E-state index contributed by atoms with van der Waals surface area (Å²) in [4.78, 5) is 10.3. The highest BCUT2D eigenvalue weighted by atomic mass is 16.4. The average molecular weight is 481 g/mol. The highest BCUT2D eigenvalue weighted by Crippen LogP contribution is 2.10. The van der Waals surface area contributed by atoms with E-state index in [-0.39, 0.29) is 6.10 Å². The molecule has 0 heterocycles. The quantitative estimate of drug-likeness (QED) is 0.0946. The molecule has 5 atom stereocenters. The van der Waals surface area contributed by atoms with Crippen molar-refractivity contribution in [3.05, 3.63) is 12.2 Å². The number of unbranched alkanes of at least 4 members (excludes halogenated alkanes) is 8. The predicted molar refractivity (Wildman–Crippen MR) is 127 cm³/mol. The van der Waals surface area contributed by atoms with Crippen LogP contribution < -0.4 is 0 Å². The second-order valence-electron chi connectivity index (χ2n) is 8.39. The SMILES string of the molecule is CCCCCC[C@@H](O)C/C=C\CCCCCCCC(=O)O.OC[C@@H](O)[C@@H](O)[C@H](O)[C@@H](O)CO. The minimum absolute atomic E-state index is 0.172. The fourth-order valence-electron chi connectivity index (χ4n) is 3.04. The van der Waals surface area contributed by atoms with Gasteiger partial charge in [-0.15, -0.1) is 0 Å². The molecule has 33 heavy (non-hydrogen) atoms. The third-order valence-corrected chi connectivity index (χ3v) is 5.24. The number of aliphatic hydroxyl groups is 7. The highest BCUT2D eigenvalue weighted by molar-refractivity contribution is 5.66. The van der Waals surface area contributed by atoms with Crippen molar-refractivity contribution in [2.75, 3.05) is 13.2 Å². The van der Waals surface area contributed by atoms with Gasteiger partial charge >= 0.3 is 5.97 Å². The van der Waals surface area contributed by atoms with E-state index in [1.165, 1.54) is 25.7 Å². The summed E-state index contributed by atoms with van der Waals surface area (Å²) >= 11 is 0. The molecule has 0 radical (unpaired) electrons. The van der Waals surface area contributed by atoms with Crippen LogP contribution in [-0.2, 0) is 4.79 Å². The lowest BCUT2D eigenvalue weighted by Gasteiger charge is -2.24. The van der Waals surface area contributed by atoms with E-state index in [1.807, 2.05) is 0 Å². The van der Waals surface area contributed by atoms with E-state index in [2.05, 4.69) is 19.1 Å². The van der Waals surface area contributed by atoms with Crippen LogP contribution in [0.15, 0.2) is 12.2 Å². The minimum Gasteiger partial charge on any atom is -0.481 e. The maximum atomic E-state index is 10.3. The number of rotatable bonds is 20. The first-order valence-corrected chi connectivity index (χ1v) is 12.2. The van der Waals surface area contributed by atoms with Gasteiger partial charge in [-0.3, -0.25) is 4.79 Å². The van der Waals surface area contributed by atoms with Gasteiger partial charge in [0.2, 0.25) is 0 Å². The highest BCUT2D eigenvalue weighted by Gasteiger charge is 2.29. The third-order valence-electron chi connectivity index (χ3n) is 5.24. The first-order chi connectivity index (χ1) is 15.7. The molecule has 0 unspecified atom stereocenters. The normalized spacial score (nSPS) is 16.0. The zero-order valence-corrected chi connectivity index (χ0v) is 20.1. The Labute approximate surface area is 198 Å². The smallest absolute Gasteiger partial charge is 0.303 e. The molecule has 0 saturated carbocycles. The van der Waals surface area contributed by atoms with Crippen molar-refractivity contribution in [2.45, 2.75) is 121 Å². The molecule has 0 fully saturated rings.